The third-order valence-electron chi connectivity index (χ3n) is 6.41. The first-order chi connectivity index (χ1) is 16.7. The minimum atomic E-state index is -0.162. The summed E-state index contributed by atoms with van der Waals surface area (Å²) >= 11 is 0. The SMILES string of the molecule is Fc1ccccc1CN1CCCC(c2nnc(-c3ccc4[nH]nc(-c5ccncc5)c4c3)o2)C1. The van der Waals surface area contributed by atoms with Crippen LogP contribution in [0.5, 0.6) is 0 Å². The molecule has 0 spiro atoms. The lowest BCUT2D eigenvalue weighted by Crippen LogP contribution is -2.34. The number of likely N-dealkylation sites (tertiary alicyclic amines) is 1. The standard InChI is InChI=1S/C26H23FN6O/c27-22-6-2-1-4-19(22)15-33-13-3-5-20(16-33)26-32-31-25(34-26)18-7-8-23-21(14-18)24(30-29-23)17-9-11-28-12-10-17/h1-2,4,6-12,14,20H,3,5,13,15-16H2,(H,29,30). The number of fused-ring (bicyclic) bond motifs is 1. The van der Waals surface area contributed by atoms with Gasteiger partial charge in [-0.25, -0.2) is 4.39 Å². The van der Waals surface area contributed by atoms with Crippen molar-refractivity contribution in [3.63, 3.8) is 0 Å². The number of H-pyrrole nitrogens is 1. The van der Waals surface area contributed by atoms with Gasteiger partial charge < -0.3 is 4.42 Å². The first-order valence-electron chi connectivity index (χ1n) is 11.4. The van der Waals surface area contributed by atoms with Gasteiger partial charge >= 0.3 is 0 Å². The first kappa shape index (κ1) is 20.7. The van der Waals surface area contributed by atoms with Crippen molar-refractivity contribution in [2.75, 3.05) is 13.1 Å². The van der Waals surface area contributed by atoms with E-state index in [1.807, 2.05) is 42.5 Å². The van der Waals surface area contributed by atoms with Gasteiger partial charge in [-0.1, -0.05) is 18.2 Å². The lowest BCUT2D eigenvalue weighted by molar-refractivity contribution is 0.184. The van der Waals surface area contributed by atoms with E-state index in [1.165, 1.54) is 6.07 Å². The Morgan fingerprint density at radius 1 is 1.03 bits per heavy atom. The van der Waals surface area contributed by atoms with E-state index in [0.29, 0.717) is 23.9 Å². The largest absolute Gasteiger partial charge is 0.420 e. The van der Waals surface area contributed by atoms with Gasteiger partial charge in [-0.2, -0.15) is 5.10 Å². The van der Waals surface area contributed by atoms with Gasteiger partial charge in [0.2, 0.25) is 11.8 Å². The van der Waals surface area contributed by atoms with E-state index >= 15 is 0 Å². The highest BCUT2D eigenvalue weighted by atomic mass is 19.1. The average molecular weight is 455 g/mol. The van der Waals surface area contributed by atoms with Gasteiger partial charge in [-0.05, 0) is 55.8 Å². The molecule has 1 saturated heterocycles. The number of nitrogens with one attached hydrogen (secondary N) is 1. The topological polar surface area (TPSA) is 83.7 Å². The first-order valence-corrected chi connectivity index (χ1v) is 11.4. The van der Waals surface area contributed by atoms with Crippen molar-refractivity contribution in [3.8, 4) is 22.7 Å². The van der Waals surface area contributed by atoms with E-state index < -0.39 is 0 Å². The van der Waals surface area contributed by atoms with E-state index in [2.05, 4.69) is 30.3 Å². The van der Waals surface area contributed by atoms with E-state index in [4.69, 9.17) is 4.42 Å². The third kappa shape index (κ3) is 3.97. The summed E-state index contributed by atoms with van der Waals surface area (Å²) in [6.45, 7) is 2.28. The number of hydrogen-bond acceptors (Lipinski definition) is 6. The van der Waals surface area contributed by atoms with Gasteiger partial charge in [0.25, 0.3) is 0 Å². The predicted molar refractivity (Wildman–Crippen MR) is 126 cm³/mol. The molecule has 3 aromatic heterocycles. The third-order valence-corrected chi connectivity index (χ3v) is 6.41. The Kier molecular flexibility index (Phi) is 5.35. The van der Waals surface area contributed by atoms with Crippen LogP contribution < -0.4 is 0 Å². The van der Waals surface area contributed by atoms with Crippen LogP contribution in [-0.2, 0) is 6.54 Å². The Labute approximate surface area is 195 Å². The van der Waals surface area contributed by atoms with Crippen LogP contribution in [0.2, 0.25) is 0 Å². The van der Waals surface area contributed by atoms with Crippen LogP contribution in [0.1, 0.15) is 30.2 Å². The molecule has 7 nitrogen and oxygen atoms in total. The zero-order chi connectivity index (χ0) is 22.9. The van der Waals surface area contributed by atoms with Crippen LogP contribution >= 0.6 is 0 Å². The molecule has 1 aliphatic heterocycles. The maximum absolute atomic E-state index is 14.1. The summed E-state index contributed by atoms with van der Waals surface area (Å²) in [4.78, 5) is 6.35. The highest BCUT2D eigenvalue weighted by Crippen LogP contribution is 2.32. The lowest BCUT2D eigenvalue weighted by Gasteiger charge is -2.31. The van der Waals surface area contributed by atoms with E-state index in [-0.39, 0.29) is 11.7 Å². The van der Waals surface area contributed by atoms with Crippen molar-refractivity contribution >= 4 is 10.9 Å². The predicted octanol–water partition coefficient (Wildman–Crippen LogP) is 5.19. The van der Waals surface area contributed by atoms with Gasteiger partial charge in [-0.3, -0.25) is 15.0 Å². The Balaban J connectivity index is 1.23. The molecule has 8 heteroatoms. The summed E-state index contributed by atoms with van der Waals surface area (Å²) in [5.41, 5.74) is 4.35. The van der Waals surface area contributed by atoms with Gasteiger partial charge in [0.05, 0.1) is 11.4 Å². The van der Waals surface area contributed by atoms with E-state index in [0.717, 1.165) is 53.7 Å². The second-order valence-electron chi connectivity index (χ2n) is 8.68. The van der Waals surface area contributed by atoms with Gasteiger partial charge in [0.15, 0.2) is 0 Å². The van der Waals surface area contributed by atoms with Crippen LogP contribution in [0.15, 0.2) is 71.4 Å². The summed E-state index contributed by atoms with van der Waals surface area (Å²) < 4.78 is 20.2. The average Bonchev–Trinajstić information content (AvgIpc) is 3.54. The number of aromatic nitrogens is 5. The summed E-state index contributed by atoms with van der Waals surface area (Å²) in [5.74, 6) is 1.09. The van der Waals surface area contributed by atoms with Gasteiger partial charge in [-0.15, -0.1) is 10.2 Å². The minimum absolute atomic E-state index is 0.131. The number of piperidine rings is 1. The molecule has 170 valence electrons. The molecule has 0 radical (unpaired) electrons. The van der Waals surface area contributed by atoms with Gasteiger partial charge in [0, 0.05) is 47.6 Å². The molecule has 0 bridgehead atoms. The molecule has 1 fully saturated rings. The fraction of sp³-hybridized carbons (Fsp3) is 0.231. The van der Waals surface area contributed by atoms with E-state index in [1.54, 1.807) is 18.5 Å². The summed E-state index contributed by atoms with van der Waals surface area (Å²) in [7, 11) is 0. The van der Waals surface area contributed by atoms with Crippen molar-refractivity contribution in [3.05, 3.63) is 84.3 Å². The quantitative estimate of drug-likeness (QED) is 0.393. The Hall–Kier alpha value is -3.91. The molecule has 6 rings (SSSR count). The number of pyridine rings is 1. The number of benzene rings is 2. The highest BCUT2D eigenvalue weighted by Gasteiger charge is 2.26. The number of hydrogen-bond donors (Lipinski definition) is 1. The summed E-state index contributed by atoms with van der Waals surface area (Å²) in [6.07, 6.45) is 5.49. The molecule has 4 heterocycles. The van der Waals surface area contributed by atoms with Crippen LogP contribution in [0, 0.1) is 5.82 Å². The van der Waals surface area contributed by atoms with Crippen LogP contribution in [0.25, 0.3) is 33.6 Å². The molecule has 1 unspecified atom stereocenters. The lowest BCUT2D eigenvalue weighted by atomic mass is 9.97. The number of aromatic amines is 1. The van der Waals surface area contributed by atoms with E-state index in [9.17, 15) is 4.39 Å². The van der Waals surface area contributed by atoms with Crippen LogP contribution in [-0.4, -0.2) is 43.4 Å². The fourth-order valence-electron chi connectivity index (χ4n) is 4.66. The molecule has 1 atom stereocenters. The Morgan fingerprint density at radius 3 is 2.79 bits per heavy atom. The number of nitrogens with zero attached hydrogens (tertiary/aromatic N) is 5. The van der Waals surface area contributed by atoms with Crippen LogP contribution in [0.4, 0.5) is 4.39 Å². The highest BCUT2D eigenvalue weighted by molar-refractivity contribution is 5.95. The number of rotatable bonds is 5. The number of halogens is 1. The molecule has 5 aromatic rings. The Morgan fingerprint density at radius 2 is 1.91 bits per heavy atom. The minimum Gasteiger partial charge on any atom is -0.420 e. The molecule has 0 saturated carbocycles. The second kappa shape index (κ2) is 8.79. The smallest absolute Gasteiger partial charge is 0.247 e. The molecule has 0 aliphatic carbocycles. The molecule has 0 amide bonds. The van der Waals surface area contributed by atoms with Crippen molar-refractivity contribution in [1.82, 2.24) is 30.3 Å². The summed E-state index contributed by atoms with van der Waals surface area (Å²) in [5, 5.41) is 17.3. The fourth-order valence-corrected chi connectivity index (χ4v) is 4.66. The van der Waals surface area contributed by atoms with Crippen molar-refractivity contribution < 1.29 is 8.81 Å². The molecule has 1 N–H and O–H groups in total. The Bertz CT molecular complexity index is 1430. The second-order valence-corrected chi connectivity index (χ2v) is 8.68. The van der Waals surface area contributed by atoms with Crippen molar-refractivity contribution in [2.24, 2.45) is 0 Å². The van der Waals surface area contributed by atoms with Gasteiger partial charge in [0.1, 0.15) is 11.5 Å². The molecule has 1 aliphatic rings. The maximum Gasteiger partial charge on any atom is 0.247 e. The molecular weight excluding hydrogens is 431 g/mol. The zero-order valence-corrected chi connectivity index (χ0v) is 18.5. The molecule has 2 aromatic carbocycles. The summed E-state index contributed by atoms with van der Waals surface area (Å²) in [6, 6.07) is 16.8. The van der Waals surface area contributed by atoms with Crippen molar-refractivity contribution in [1.29, 1.82) is 0 Å². The molecule has 34 heavy (non-hydrogen) atoms. The normalized spacial score (nSPS) is 16.8. The monoisotopic (exact) mass is 454 g/mol. The zero-order valence-electron chi connectivity index (χ0n) is 18.5. The molecular formula is C26H23FN6O. The maximum atomic E-state index is 14.1. The van der Waals surface area contributed by atoms with Crippen LogP contribution in [0.3, 0.4) is 0 Å². The van der Waals surface area contributed by atoms with Crippen molar-refractivity contribution in [2.45, 2.75) is 25.3 Å².